The second-order valence-corrected chi connectivity index (χ2v) is 3.28. The van der Waals surface area contributed by atoms with E-state index in [1.165, 1.54) is 0 Å². The number of likely N-dealkylation sites (N-methyl/N-ethyl adjacent to an activating group) is 1. The van der Waals surface area contributed by atoms with Crippen molar-refractivity contribution in [3.05, 3.63) is 35.9 Å². The molecule has 0 unspecified atom stereocenters. The average molecular weight is 244 g/mol. The van der Waals surface area contributed by atoms with Gasteiger partial charge in [-0.05, 0) is 26.0 Å². The fraction of sp³-hybridized carbons (Fsp3) is 0.417. The van der Waals surface area contributed by atoms with Crippen LogP contribution in [0, 0.1) is 0 Å². The van der Waals surface area contributed by atoms with Crippen LogP contribution >= 0.6 is 12.4 Å². The van der Waals surface area contributed by atoms with Crippen molar-refractivity contribution in [3.63, 3.8) is 0 Å². The van der Waals surface area contributed by atoms with Crippen molar-refractivity contribution >= 4 is 18.4 Å². The van der Waals surface area contributed by atoms with E-state index in [2.05, 4.69) is 5.32 Å². The van der Waals surface area contributed by atoms with E-state index in [1.807, 2.05) is 37.3 Å². The van der Waals surface area contributed by atoms with E-state index in [4.69, 9.17) is 4.74 Å². The maximum Gasteiger partial charge on any atom is 0.323 e. The molecule has 0 saturated heterocycles. The van der Waals surface area contributed by atoms with E-state index in [0.29, 0.717) is 13.0 Å². The van der Waals surface area contributed by atoms with Gasteiger partial charge in [0.2, 0.25) is 0 Å². The van der Waals surface area contributed by atoms with Crippen molar-refractivity contribution in [1.29, 1.82) is 0 Å². The van der Waals surface area contributed by atoms with Crippen LogP contribution in [0.1, 0.15) is 12.5 Å². The topological polar surface area (TPSA) is 38.3 Å². The number of carbonyl (C=O) groups is 1. The first kappa shape index (κ1) is 14.9. The van der Waals surface area contributed by atoms with Crippen molar-refractivity contribution in [3.8, 4) is 0 Å². The summed E-state index contributed by atoms with van der Waals surface area (Å²) in [4.78, 5) is 11.5. The third-order valence-electron chi connectivity index (χ3n) is 2.20. The average Bonchev–Trinajstić information content (AvgIpc) is 2.27. The Morgan fingerprint density at radius 1 is 1.38 bits per heavy atom. The molecule has 1 N–H and O–H groups in total. The van der Waals surface area contributed by atoms with Crippen LogP contribution in [0.5, 0.6) is 0 Å². The normalized spacial score (nSPS) is 11.4. The lowest BCUT2D eigenvalue weighted by Gasteiger charge is -2.14. The summed E-state index contributed by atoms with van der Waals surface area (Å²) in [6.45, 7) is 2.24. The predicted molar refractivity (Wildman–Crippen MR) is 66.9 cm³/mol. The van der Waals surface area contributed by atoms with Crippen LogP contribution in [0.2, 0.25) is 0 Å². The van der Waals surface area contributed by atoms with Gasteiger partial charge in [-0.25, -0.2) is 0 Å². The molecule has 0 aromatic heterocycles. The van der Waals surface area contributed by atoms with Gasteiger partial charge in [-0.1, -0.05) is 30.3 Å². The van der Waals surface area contributed by atoms with Gasteiger partial charge in [-0.15, -0.1) is 12.4 Å². The van der Waals surface area contributed by atoms with Crippen molar-refractivity contribution in [2.45, 2.75) is 19.4 Å². The summed E-state index contributed by atoms with van der Waals surface area (Å²) in [5, 5.41) is 2.96. The van der Waals surface area contributed by atoms with Gasteiger partial charge in [-0.2, -0.15) is 0 Å². The van der Waals surface area contributed by atoms with E-state index >= 15 is 0 Å². The zero-order valence-corrected chi connectivity index (χ0v) is 10.4. The van der Waals surface area contributed by atoms with E-state index in [-0.39, 0.29) is 24.4 Å². The lowest BCUT2D eigenvalue weighted by Crippen LogP contribution is -2.37. The summed E-state index contributed by atoms with van der Waals surface area (Å²) in [5.74, 6) is -0.191. The number of hydrogen-bond donors (Lipinski definition) is 1. The van der Waals surface area contributed by atoms with Crippen molar-refractivity contribution in [2.24, 2.45) is 0 Å². The minimum atomic E-state index is -0.257. The smallest absolute Gasteiger partial charge is 0.323 e. The molecule has 3 nitrogen and oxygen atoms in total. The van der Waals surface area contributed by atoms with Gasteiger partial charge in [0.1, 0.15) is 6.04 Å². The number of halogens is 1. The highest BCUT2D eigenvalue weighted by Crippen LogP contribution is 2.04. The van der Waals surface area contributed by atoms with Gasteiger partial charge in [0.25, 0.3) is 0 Å². The Morgan fingerprint density at radius 3 is 2.50 bits per heavy atom. The third kappa shape index (κ3) is 4.64. The molecule has 0 fully saturated rings. The second kappa shape index (κ2) is 8.13. The second-order valence-electron chi connectivity index (χ2n) is 3.28. The summed E-state index contributed by atoms with van der Waals surface area (Å²) in [6.07, 6.45) is 0.663. The van der Waals surface area contributed by atoms with Crippen molar-refractivity contribution < 1.29 is 9.53 Å². The SMILES string of the molecule is CCOC(=O)[C@H](Cc1ccccc1)NC.Cl. The molecule has 0 aliphatic carbocycles. The van der Waals surface area contributed by atoms with Crippen molar-refractivity contribution in [2.75, 3.05) is 13.7 Å². The van der Waals surface area contributed by atoms with Gasteiger partial charge in [-0.3, -0.25) is 4.79 Å². The summed E-state index contributed by atoms with van der Waals surface area (Å²) in [5.41, 5.74) is 1.13. The molecule has 0 aliphatic rings. The summed E-state index contributed by atoms with van der Waals surface area (Å²) < 4.78 is 4.97. The number of hydrogen-bond acceptors (Lipinski definition) is 3. The van der Waals surface area contributed by atoms with E-state index < -0.39 is 0 Å². The molecule has 0 heterocycles. The molecule has 0 amide bonds. The summed E-state index contributed by atoms with van der Waals surface area (Å²) in [7, 11) is 1.77. The Balaban J connectivity index is 0.00000225. The Kier molecular flexibility index (Phi) is 7.60. The van der Waals surface area contributed by atoms with Gasteiger partial charge in [0, 0.05) is 0 Å². The molecule has 0 saturated carbocycles. The zero-order chi connectivity index (χ0) is 11.1. The molecule has 16 heavy (non-hydrogen) atoms. The van der Waals surface area contributed by atoms with E-state index in [1.54, 1.807) is 7.05 Å². The number of esters is 1. The lowest BCUT2D eigenvalue weighted by molar-refractivity contribution is -0.145. The van der Waals surface area contributed by atoms with Gasteiger partial charge in [0.15, 0.2) is 0 Å². The molecule has 1 atom stereocenters. The minimum absolute atomic E-state index is 0. The largest absolute Gasteiger partial charge is 0.465 e. The lowest BCUT2D eigenvalue weighted by atomic mass is 10.1. The molecule has 4 heteroatoms. The maximum atomic E-state index is 11.5. The predicted octanol–water partition coefficient (Wildman–Crippen LogP) is 1.80. The molecule has 0 spiro atoms. The molecular formula is C12H18ClNO2. The highest BCUT2D eigenvalue weighted by atomic mass is 35.5. The van der Waals surface area contributed by atoms with Crippen LogP contribution in [-0.4, -0.2) is 25.7 Å². The molecule has 1 rings (SSSR count). The van der Waals surface area contributed by atoms with Crippen LogP contribution in [-0.2, 0) is 16.0 Å². The first-order valence-corrected chi connectivity index (χ1v) is 5.15. The number of nitrogens with one attached hydrogen (secondary N) is 1. The van der Waals surface area contributed by atoms with Crippen LogP contribution < -0.4 is 5.32 Å². The Labute approximate surface area is 103 Å². The Morgan fingerprint density at radius 2 is 2.00 bits per heavy atom. The Bertz CT molecular complexity index is 303. The number of ether oxygens (including phenoxy) is 1. The van der Waals surface area contributed by atoms with Gasteiger partial charge >= 0.3 is 5.97 Å². The van der Waals surface area contributed by atoms with Gasteiger partial charge in [0.05, 0.1) is 6.61 Å². The first-order chi connectivity index (χ1) is 7.27. The third-order valence-corrected chi connectivity index (χ3v) is 2.20. The van der Waals surface area contributed by atoms with Crippen molar-refractivity contribution in [1.82, 2.24) is 5.32 Å². The quantitative estimate of drug-likeness (QED) is 0.802. The van der Waals surface area contributed by atoms with E-state index in [0.717, 1.165) is 5.56 Å². The van der Waals surface area contributed by atoms with Crippen LogP contribution in [0.4, 0.5) is 0 Å². The minimum Gasteiger partial charge on any atom is -0.465 e. The highest BCUT2D eigenvalue weighted by Gasteiger charge is 2.17. The fourth-order valence-corrected chi connectivity index (χ4v) is 1.40. The van der Waals surface area contributed by atoms with E-state index in [9.17, 15) is 4.79 Å². The first-order valence-electron chi connectivity index (χ1n) is 5.15. The number of benzene rings is 1. The van der Waals surface area contributed by atoms with Crippen LogP contribution in [0.3, 0.4) is 0 Å². The summed E-state index contributed by atoms with van der Waals surface area (Å²) >= 11 is 0. The van der Waals surface area contributed by atoms with Crippen LogP contribution in [0.15, 0.2) is 30.3 Å². The highest BCUT2D eigenvalue weighted by molar-refractivity contribution is 5.85. The molecular weight excluding hydrogens is 226 g/mol. The van der Waals surface area contributed by atoms with Gasteiger partial charge < -0.3 is 10.1 Å². The molecule has 90 valence electrons. The number of rotatable bonds is 5. The fourth-order valence-electron chi connectivity index (χ4n) is 1.40. The standard InChI is InChI=1S/C12H17NO2.ClH/c1-3-15-12(14)11(13-2)9-10-7-5-4-6-8-10;/h4-8,11,13H,3,9H2,1-2H3;1H/t11-;/m0./s1. The monoisotopic (exact) mass is 243 g/mol. The molecule has 0 radical (unpaired) electrons. The maximum absolute atomic E-state index is 11.5. The number of carbonyl (C=O) groups excluding carboxylic acids is 1. The molecule has 1 aromatic rings. The molecule has 0 aliphatic heterocycles. The van der Waals surface area contributed by atoms with Crippen LogP contribution in [0.25, 0.3) is 0 Å². The summed E-state index contributed by atoms with van der Waals surface area (Å²) in [6, 6.07) is 9.64. The zero-order valence-electron chi connectivity index (χ0n) is 9.60. The molecule has 0 bridgehead atoms. The molecule has 1 aromatic carbocycles. The Hall–Kier alpha value is -1.06.